The fourth-order valence-electron chi connectivity index (χ4n) is 2.22. The predicted molar refractivity (Wildman–Crippen MR) is 93.7 cm³/mol. The van der Waals surface area contributed by atoms with Gasteiger partial charge in [-0.1, -0.05) is 30.3 Å². The van der Waals surface area contributed by atoms with Gasteiger partial charge in [0.2, 0.25) is 0 Å². The lowest BCUT2D eigenvalue weighted by Crippen LogP contribution is -2.36. The molecule has 0 saturated carbocycles. The molecule has 2 aromatic carbocycles. The molecule has 2 N–H and O–H groups in total. The van der Waals surface area contributed by atoms with Crippen LogP contribution < -0.4 is 10.2 Å². The average Bonchev–Trinajstić information content (AvgIpc) is 2.56. The van der Waals surface area contributed by atoms with Crippen molar-refractivity contribution in [2.75, 3.05) is 37.5 Å². The Kier molecular flexibility index (Phi) is 6.00. The van der Waals surface area contributed by atoms with Crippen molar-refractivity contribution in [3.63, 3.8) is 0 Å². The second kappa shape index (κ2) is 8.19. The van der Waals surface area contributed by atoms with E-state index in [4.69, 9.17) is 0 Å². The fraction of sp³-hybridized carbons (Fsp3) is 0.278. The standard InChI is InChI=1S/C18H23N3O2/c1-20(2)17-10-8-16(9-11-17)19-18(23)21(12-13-22)14-15-6-4-3-5-7-15/h3-11,22H,12-14H2,1-2H3,(H,19,23). The van der Waals surface area contributed by atoms with Crippen LogP contribution in [-0.2, 0) is 6.54 Å². The van der Waals surface area contributed by atoms with Gasteiger partial charge in [-0.05, 0) is 29.8 Å². The summed E-state index contributed by atoms with van der Waals surface area (Å²) in [4.78, 5) is 16.0. The molecule has 2 amide bonds. The zero-order chi connectivity index (χ0) is 16.7. The highest BCUT2D eigenvalue weighted by molar-refractivity contribution is 5.89. The van der Waals surface area contributed by atoms with Gasteiger partial charge in [0, 0.05) is 38.6 Å². The van der Waals surface area contributed by atoms with Gasteiger partial charge in [0.1, 0.15) is 0 Å². The third-order valence-electron chi connectivity index (χ3n) is 3.51. The number of carbonyl (C=O) groups excluding carboxylic acids is 1. The molecule has 23 heavy (non-hydrogen) atoms. The first-order chi connectivity index (χ1) is 11.1. The molecule has 0 spiro atoms. The zero-order valence-corrected chi connectivity index (χ0v) is 13.6. The van der Waals surface area contributed by atoms with Crippen LogP contribution in [0.2, 0.25) is 0 Å². The number of benzene rings is 2. The second-order valence-corrected chi connectivity index (χ2v) is 5.50. The molecule has 2 aromatic rings. The first-order valence-electron chi connectivity index (χ1n) is 7.58. The van der Waals surface area contributed by atoms with E-state index in [1.807, 2.05) is 73.6 Å². The van der Waals surface area contributed by atoms with E-state index in [-0.39, 0.29) is 19.2 Å². The SMILES string of the molecule is CN(C)c1ccc(NC(=O)N(CCO)Cc2ccccc2)cc1. The van der Waals surface area contributed by atoms with Crippen LogP contribution in [-0.4, -0.2) is 43.3 Å². The van der Waals surface area contributed by atoms with Crippen LogP contribution in [0.4, 0.5) is 16.2 Å². The lowest BCUT2D eigenvalue weighted by Gasteiger charge is -2.22. The van der Waals surface area contributed by atoms with Crippen molar-refractivity contribution in [2.24, 2.45) is 0 Å². The summed E-state index contributed by atoms with van der Waals surface area (Å²) in [6, 6.07) is 17.1. The van der Waals surface area contributed by atoms with Gasteiger partial charge in [-0.3, -0.25) is 0 Å². The van der Waals surface area contributed by atoms with Crippen molar-refractivity contribution < 1.29 is 9.90 Å². The normalized spacial score (nSPS) is 10.2. The number of nitrogens with one attached hydrogen (secondary N) is 1. The Morgan fingerprint density at radius 3 is 2.26 bits per heavy atom. The number of anilines is 2. The monoisotopic (exact) mass is 313 g/mol. The van der Waals surface area contributed by atoms with E-state index in [2.05, 4.69) is 5.32 Å². The smallest absolute Gasteiger partial charge is 0.322 e. The summed E-state index contributed by atoms with van der Waals surface area (Å²) < 4.78 is 0. The minimum absolute atomic E-state index is 0.0696. The Balaban J connectivity index is 2.02. The van der Waals surface area contributed by atoms with Gasteiger partial charge in [-0.25, -0.2) is 4.79 Å². The van der Waals surface area contributed by atoms with Crippen molar-refractivity contribution in [3.8, 4) is 0 Å². The minimum atomic E-state index is -0.222. The van der Waals surface area contributed by atoms with Gasteiger partial charge >= 0.3 is 6.03 Å². The molecule has 0 unspecified atom stereocenters. The third kappa shape index (κ3) is 5.00. The number of hydrogen-bond acceptors (Lipinski definition) is 3. The van der Waals surface area contributed by atoms with Crippen molar-refractivity contribution in [2.45, 2.75) is 6.54 Å². The summed E-state index contributed by atoms with van der Waals surface area (Å²) in [5.41, 5.74) is 2.83. The van der Waals surface area contributed by atoms with E-state index < -0.39 is 0 Å². The number of amides is 2. The maximum Gasteiger partial charge on any atom is 0.322 e. The molecule has 0 atom stereocenters. The van der Waals surface area contributed by atoms with Crippen LogP contribution in [0.5, 0.6) is 0 Å². The van der Waals surface area contributed by atoms with E-state index in [0.717, 1.165) is 16.9 Å². The second-order valence-electron chi connectivity index (χ2n) is 5.50. The van der Waals surface area contributed by atoms with Crippen LogP contribution in [0, 0.1) is 0 Å². The molecule has 0 saturated heterocycles. The van der Waals surface area contributed by atoms with Gasteiger partial charge in [0.05, 0.1) is 6.61 Å². The predicted octanol–water partition coefficient (Wildman–Crippen LogP) is 2.78. The van der Waals surface area contributed by atoms with Crippen LogP contribution >= 0.6 is 0 Å². The highest BCUT2D eigenvalue weighted by atomic mass is 16.3. The Labute approximate surface area is 137 Å². The topological polar surface area (TPSA) is 55.8 Å². The molecule has 0 aliphatic rings. The number of hydrogen-bond donors (Lipinski definition) is 2. The van der Waals surface area contributed by atoms with Crippen molar-refractivity contribution in [1.29, 1.82) is 0 Å². The van der Waals surface area contributed by atoms with Crippen molar-refractivity contribution in [1.82, 2.24) is 4.90 Å². The lowest BCUT2D eigenvalue weighted by molar-refractivity contribution is 0.185. The van der Waals surface area contributed by atoms with Gasteiger partial charge in [0.25, 0.3) is 0 Å². The molecule has 0 fully saturated rings. The highest BCUT2D eigenvalue weighted by Gasteiger charge is 2.13. The molecule has 122 valence electrons. The van der Waals surface area contributed by atoms with Crippen molar-refractivity contribution >= 4 is 17.4 Å². The van der Waals surface area contributed by atoms with Crippen LogP contribution in [0.25, 0.3) is 0 Å². The van der Waals surface area contributed by atoms with E-state index in [1.54, 1.807) is 4.90 Å². The molecular formula is C18H23N3O2. The first-order valence-corrected chi connectivity index (χ1v) is 7.58. The number of aliphatic hydroxyl groups excluding tert-OH is 1. The average molecular weight is 313 g/mol. The molecule has 2 rings (SSSR count). The van der Waals surface area contributed by atoms with Crippen LogP contribution in [0.3, 0.4) is 0 Å². The molecule has 0 bridgehead atoms. The number of rotatable bonds is 6. The largest absolute Gasteiger partial charge is 0.395 e. The fourth-order valence-corrected chi connectivity index (χ4v) is 2.22. The minimum Gasteiger partial charge on any atom is -0.395 e. The van der Waals surface area contributed by atoms with Gasteiger partial charge in [0.15, 0.2) is 0 Å². The summed E-state index contributed by atoms with van der Waals surface area (Å²) in [5, 5.41) is 12.1. The molecular weight excluding hydrogens is 290 g/mol. The Morgan fingerprint density at radius 2 is 1.70 bits per heavy atom. The maximum absolute atomic E-state index is 12.4. The molecule has 0 radical (unpaired) electrons. The molecule has 0 aliphatic carbocycles. The van der Waals surface area contributed by atoms with Gasteiger partial charge < -0.3 is 20.2 Å². The summed E-state index contributed by atoms with van der Waals surface area (Å²) in [7, 11) is 3.94. The van der Waals surface area contributed by atoms with Crippen LogP contribution in [0.1, 0.15) is 5.56 Å². The van der Waals surface area contributed by atoms with E-state index in [1.165, 1.54) is 0 Å². The van der Waals surface area contributed by atoms with Gasteiger partial charge in [-0.2, -0.15) is 0 Å². The molecule has 5 heteroatoms. The maximum atomic E-state index is 12.4. The van der Waals surface area contributed by atoms with Crippen molar-refractivity contribution in [3.05, 3.63) is 60.2 Å². The van der Waals surface area contributed by atoms with E-state index >= 15 is 0 Å². The molecule has 0 aromatic heterocycles. The quantitative estimate of drug-likeness (QED) is 0.862. The number of nitrogens with zero attached hydrogens (tertiary/aromatic N) is 2. The Hall–Kier alpha value is -2.53. The third-order valence-corrected chi connectivity index (χ3v) is 3.51. The lowest BCUT2D eigenvalue weighted by atomic mass is 10.2. The Bertz CT molecular complexity index is 612. The summed E-state index contributed by atoms with van der Waals surface area (Å²) in [6.45, 7) is 0.680. The van der Waals surface area contributed by atoms with Gasteiger partial charge in [-0.15, -0.1) is 0 Å². The van der Waals surface area contributed by atoms with E-state index in [9.17, 15) is 9.90 Å². The molecule has 5 nitrogen and oxygen atoms in total. The molecule has 0 aliphatic heterocycles. The number of urea groups is 1. The highest BCUT2D eigenvalue weighted by Crippen LogP contribution is 2.16. The summed E-state index contributed by atoms with van der Waals surface area (Å²) >= 11 is 0. The molecule has 0 heterocycles. The zero-order valence-electron chi connectivity index (χ0n) is 13.6. The number of aliphatic hydroxyl groups is 1. The van der Waals surface area contributed by atoms with Crippen LogP contribution in [0.15, 0.2) is 54.6 Å². The first kappa shape index (κ1) is 16.8. The Morgan fingerprint density at radius 1 is 1.04 bits per heavy atom. The summed E-state index contributed by atoms with van der Waals surface area (Å²) in [5.74, 6) is 0. The summed E-state index contributed by atoms with van der Waals surface area (Å²) in [6.07, 6.45) is 0. The number of carbonyl (C=O) groups is 1. The van der Waals surface area contributed by atoms with E-state index in [0.29, 0.717) is 6.54 Å².